The summed E-state index contributed by atoms with van der Waals surface area (Å²) < 4.78 is 23.7. The molecule has 0 aliphatic carbocycles. The molecule has 2 aliphatic heterocycles. The number of aliphatic hydroxyl groups excluding tert-OH is 2. The number of aliphatic hydroxyl groups is 2. The summed E-state index contributed by atoms with van der Waals surface area (Å²) in [4.78, 5) is 142. The average molecular weight is 1170 g/mol. The van der Waals surface area contributed by atoms with Crippen molar-refractivity contribution >= 4 is 68.9 Å². The predicted octanol–water partition coefficient (Wildman–Crippen LogP) is -7.17. The fourth-order valence-electron chi connectivity index (χ4n) is 8.82. The lowest BCUT2D eigenvalue weighted by molar-refractivity contribution is -0.136. The van der Waals surface area contributed by atoms with Crippen molar-refractivity contribution in [1.82, 2.24) is 58.1 Å². The topological polar surface area (TPSA) is 473 Å². The molecule has 30 heteroatoms. The molecule has 0 spiro atoms. The van der Waals surface area contributed by atoms with Gasteiger partial charge in [-0.3, -0.25) is 47.9 Å². The number of carbonyl (C=O) groups excluding carboxylic acids is 10. The third-order valence-electron chi connectivity index (χ3n) is 13.5. The number of amides is 10. The Morgan fingerprint density at radius 3 is 1.73 bits per heavy atom. The molecule has 2 heterocycles. The Kier molecular flexibility index (Phi) is 29.6. The van der Waals surface area contributed by atoms with Gasteiger partial charge in [0, 0.05) is 39.0 Å². The van der Waals surface area contributed by atoms with Gasteiger partial charge in [0.05, 0.1) is 23.7 Å². The molecule has 81 heavy (non-hydrogen) atoms. The number of sulfone groups is 1. The van der Waals surface area contributed by atoms with Gasteiger partial charge in [0.25, 0.3) is 0 Å². The van der Waals surface area contributed by atoms with Gasteiger partial charge in [0.1, 0.15) is 54.4 Å². The van der Waals surface area contributed by atoms with Gasteiger partial charge in [-0.25, -0.2) is 8.42 Å². The van der Waals surface area contributed by atoms with Crippen LogP contribution < -0.4 is 76.1 Å². The standard InChI is InChI=1S/C51H87N15O14S/c1-29(2)27-38-48(75)59-34(12-18-53)44(71)58-36(14-20-55)47(74)65-41(30(3)67)50(77)56-21-15-37(46(73)57-33(11-8-17-52)43(70)63-39(49(76)62-38)28-32-9-6-5-7-10-32)60-45(72)35(13-19-54)61-51(78)42(31(4)68)64-40(69)16-22-66-23-25-81(79,80)26-24-66/h5-7,9-10,29-31,33-39,41-42,67-68H,8,11-28,52-55H2,1-4H3,(H,56,77)(H,57,73)(H,58,71)(H,59,75)(H,60,72)(H,61,78)(H,62,76)(H,63,70)(H,64,69)(H,65,74)/t30?,31?,33-,34-,35-,36-,37-,38-,39+,41-,42-/m0/s1. The smallest absolute Gasteiger partial charge is 0.245 e. The first kappa shape index (κ1) is 68.9. The normalized spacial score (nSPS) is 24.7. The second-order valence-electron chi connectivity index (χ2n) is 20.7. The van der Waals surface area contributed by atoms with Crippen LogP contribution in [0.4, 0.5) is 0 Å². The van der Waals surface area contributed by atoms with E-state index in [1.54, 1.807) is 49.1 Å². The van der Waals surface area contributed by atoms with E-state index in [-0.39, 0.29) is 115 Å². The molecule has 29 nitrogen and oxygen atoms in total. The molecule has 1 aromatic carbocycles. The molecule has 2 unspecified atom stereocenters. The highest BCUT2D eigenvalue weighted by molar-refractivity contribution is 7.91. The highest BCUT2D eigenvalue weighted by Gasteiger charge is 2.37. The Morgan fingerprint density at radius 2 is 1.19 bits per heavy atom. The van der Waals surface area contributed by atoms with Gasteiger partial charge < -0.3 is 91.2 Å². The van der Waals surface area contributed by atoms with Gasteiger partial charge in [0.15, 0.2) is 9.84 Å². The van der Waals surface area contributed by atoms with Crippen molar-refractivity contribution in [2.24, 2.45) is 28.9 Å². The van der Waals surface area contributed by atoms with Gasteiger partial charge in [-0.1, -0.05) is 44.2 Å². The van der Waals surface area contributed by atoms with Gasteiger partial charge in [-0.2, -0.15) is 0 Å². The Labute approximate surface area is 472 Å². The summed E-state index contributed by atoms with van der Waals surface area (Å²) in [7, 11) is -3.18. The molecular weight excluding hydrogens is 1080 g/mol. The van der Waals surface area contributed by atoms with Crippen molar-refractivity contribution in [2.45, 2.75) is 152 Å². The molecule has 456 valence electrons. The van der Waals surface area contributed by atoms with Gasteiger partial charge in [-0.05, 0) is 96.5 Å². The van der Waals surface area contributed by atoms with Gasteiger partial charge in [-0.15, -0.1) is 0 Å². The predicted molar refractivity (Wildman–Crippen MR) is 297 cm³/mol. The van der Waals surface area contributed by atoms with E-state index in [9.17, 15) is 66.6 Å². The monoisotopic (exact) mass is 1170 g/mol. The second-order valence-corrected chi connectivity index (χ2v) is 23.0. The maximum absolute atomic E-state index is 14.5. The third kappa shape index (κ3) is 23.9. The molecule has 0 bridgehead atoms. The zero-order chi connectivity index (χ0) is 60.4. The number of nitrogens with two attached hydrogens (primary N) is 4. The summed E-state index contributed by atoms with van der Waals surface area (Å²) >= 11 is 0. The van der Waals surface area contributed by atoms with Crippen LogP contribution in [0.1, 0.15) is 84.6 Å². The van der Waals surface area contributed by atoms with Crippen molar-refractivity contribution in [3.8, 4) is 0 Å². The van der Waals surface area contributed by atoms with Crippen molar-refractivity contribution in [3.63, 3.8) is 0 Å². The number of hydrogen-bond donors (Lipinski definition) is 16. The first-order valence-electron chi connectivity index (χ1n) is 27.5. The molecule has 1 aromatic rings. The highest BCUT2D eigenvalue weighted by Crippen LogP contribution is 2.12. The maximum Gasteiger partial charge on any atom is 0.245 e. The van der Waals surface area contributed by atoms with Gasteiger partial charge in [0.2, 0.25) is 59.1 Å². The van der Waals surface area contributed by atoms with E-state index in [2.05, 4.69) is 53.2 Å². The Morgan fingerprint density at radius 1 is 0.654 bits per heavy atom. The quantitative estimate of drug-likeness (QED) is 0.0484. The Balaban J connectivity index is 2.08. The van der Waals surface area contributed by atoms with Crippen LogP contribution in [-0.4, -0.2) is 213 Å². The molecule has 0 saturated carbocycles. The van der Waals surface area contributed by atoms with E-state index < -0.39 is 148 Å². The molecule has 11 atom stereocenters. The summed E-state index contributed by atoms with van der Waals surface area (Å²) in [6.07, 6.45) is -4.21. The van der Waals surface area contributed by atoms with Crippen molar-refractivity contribution in [2.75, 3.05) is 63.9 Å². The number of rotatable bonds is 23. The van der Waals surface area contributed by atoms with E-state index in [0.29, 0.717) is 5.56 Å². The summed E-state index contributed by atoms with van der Waals surface area (Å²) in [6.45, 7) is 5.72. The van der Waals surface area contributed by atoms with Crippen LogP contribution in [0.25, 0.3) is 0 Å². The van der Waals surface area contributed by atoms with E-state index in [1.807, 2.05) is 0 Å². The van der Waals surface area contributed by atoms with Crippen LogP contribution >= 0.6 is 0 Å². The van der Waals surface area contributed by atoms with Crippen LogP contribution in [0.2, 0.25) is 0 Å². The molecule has 0 radical (unpaired) electrons. The van der Waals surface area contributed by atoms with E-state index in [4.69, 9.17) is 22.9 Å². The molecule has 2 aliphatic rings. The lowest BCUT2D eigenvalue weighted by atomic mass is 10.00. The lowest BCUT2D eigenvalue weighted by Crippen LogP contribution is -2.61. The van der Waals surface area contributed by atoms with Crippen LogP contribution in [0.5, 0.6) is 0 Å². The summed E-state index contributed by atoms with van der Waals surface area (Å²) in [5, 5.41) is 46.9. The Hall–Kier alpha value is -6.41. The van der Waals surface area contributed by atoms with E-state index >= 15 is 0 Å². The van der Waals surface area contributed by atoms with Crippen LogP contribution in [0, 0.1) is 5.92 Å². The highest BCUT2D eigenvalue weighted by atomic mass is 32.2. The molecule has 2 fully saturated rings. The number of carbonyl (C=O) groups is 10. The van der Waals surface area contributed by atoms with Crippen LogP contribution in [0.15, 0.2) is 30.3 Å². The fraction of sp³-hybridized carbons (Fsp3) is 0.686. The van der Waals surface area contributed by atoms with Crippen molar-refractivity contribution in [3.05, 3.63) is 35.9 Å². The number of hydrogen-bond acceptors (Lipinski definition) is 19. The van der Waals surface area contributed by atoms with Crippen molar-refractivity contribution in [1.29, 1.82) is 0 Å². The first-order chi connectivity index (χ1) is 38.3. The molecule has 10 amide bonds. The summed E-state index contributed by atoms with van der Waals surface area (Å²) in [5.74, 6) is -9.31. The molecule has 20 N–H and O–H groups in total. The molecule has 0 aromatic heterocycles. The number of nitrogens with zero attached hydrogens (tertiary/aromatic N) is 1. The zero-order valence-electron chi connectivity index (χ0n) is 46.7. The SMILES string of the molecule is CC(C)C[C@@H]1NC(=O)[C@@H](Cc2ccccc2)NC(=O)[C@H](CCCN)NC(=O)[C@@H](NC(=O)[C@H](CCN)NC(=O)[C@@H](NC(=O)CCN2CCS(=O)(=O)CC2)C(C)O)CCNC(=O)[C@H](C(C)O)NC(=O)[C@H](CCN)NC(=O)[C@H](CCN)NC1=O. The minimum atomic E-state index is -3.18. The van der Waals surface area contributed by atoms with Crippen molar-refractivity contribution < 1.29 is 66.6 Å². The van der Waals surface area contributed by atoms with E-state index in [0.717, 1.165) is 0 Å². The summed E-state index contributed by atoms with van der Waals surface area (Å²) in [6, 6.07) is -4.75. The lowest BCUT2D eigenvalue weighted by Gasteiger charge is -2.29. The molecule has 3 rings (SSSR count). The number of benzene rings is 1. The first-order valence-corrected chi connectivity index (χ1v) is 29.3. The third-order valence-corrected chi connectivity index (χ3v) is 15.1. The maximum atomic E-state index is 14.5. The zero-order valence-corrected chi connectivity index (χ0v) is 47.5. The Bertz CT molecular complexity index is 2370. The molecule has 2 saturated heterocycles. The number of nitrogens with one attached hydrogen (secondary N) is 10. The largest absolute Gasteiger partial charge is 0.391 e. The minimum Gasteiger partial charge on any atom is -0.391 e. The van der Waals surface area contributed by atoms with Crippen LogP contribution in [0.3, 0.4) is 0 Å². The van der Waals surface area contributed by atoms with Gasteiger partial charge >= 0.3 is 0 Å². The second kappa shape index (κ2) is 34.8. The summed E-state index contributed by atoms with van der Waals surface area (Å²) in [5.41, 5.74) is 24.0. The average Bonchev–Trinajstić information content (AvgIpc) is 3.41. The van der Waals surface area contributed by atoms with Crippen LogP contribution in [-0.2, 0) is 64.2 Å². The molecular formula is C51H87N15O14S. The minimum absolute atomic E-state index is 0.0438. The fourth-order valence-corrected chi connectivity index (χ4v) is 10.1. The van der Waals surface area contributed by atoms with E-state index in [1.165, 1.54) is 13.8 Å².